The van der Waals surface area contributed by atoms with E-state index >= 15 is 0 Å². The lowest BCUT2D eigenvalue weighted by molar-refractivity contribution is 0.599. The minimum absolute atomic E-state index is 0.331. The first kappa shape index (κ1) is 11.4. The van der Waals surface area contributed by atoms with Crippen molar-refractivity contribution in [3.63, 3.8) is 0 Å². The number of nitrogens with zero attached hydrogens (tertiary/aromatic N) is 3. The van der Waals surface area contributed by atoms with Crippen LogP contribution >= 0.6 is 15.9 Å². The van der Waals surface area contributed by atoms with Crippen molar-refractivity contribution in [1.82, 2.24) is 15.0 Å². The standard InChI is InChI=1S/C12H11BrN4O/c1-17-11(12(13)15-16-17)10(14)8-6-18-9-5-3-2-4-7(8)9/h2-6,10H,14H2,1H3. The van der Waals surface area contributed by atoms with E-state index in [1.165, 1.54) is 0 Å². The summed E-state index contributed by atoms with van der Waals surface area (Å²) in [4.78, 5) is 0. The molecule has 0 aliphatic rings. The SMILES string of the molecule is Cn1nnc(Br)c1C(N)c1coc2ccccc12. The summed E-state index contributed by atoms with van der Waals surface area (Å²) in [5.74, 6) is 0. The van der Waals surface area contributed by atoms with E-state index in [1.807, 2.05) is 31.3 Å². The molecule has 18 heavy (non-hydrogen) atoms. The topological polar surface area (TPSA) is 69.9 Å². The molecule has 2 N–H and O–H groups in total. The Balaban J connectivity index is 2.15. The predicted molar refractivity (Wildman–Crippen MR) is 70.9 cm³/mol. The van der Waals surface area contributed by atoms with Crippen LogP contribution in [0.1, 0.15) is 17.3 Å². The molecule has 0 radical (unpaired) electrons. The molecule has 0 saturated heterocycles. The summed E-state index contributed by atoms with van der Waals surface area (Å²) >= 11 is 3.36. The van der Waals surface area contributed by atoms with Gasteiger partial charge in [-0.1, -0.05) is 23.4 Å². The van der Waals surface area contributed by atoms with E-state index in [1.54, 1.807) is 10.9 Å². The van der Waals surface area contributed by atoms with Gasteiger partial charge in [0.2, 0.25) is 0 Å². The first-order chi connectivity index (χ1) is 8.68. The number of furan rings is 1. The van der Waals surface area contributed by atoms with Crippen molar-refractivity contribution in [2.45, 2.75) is 6.04 Å². The zero-order valence-corrected chi connectivity index (χ0v) is 11.3. The monoisotopic (exact) mass is 306 g/mol. The summed E-state index contributed by atoms with van der Waals surface area (Å²) in [5.41, 5.74) is 8.86. The Morgan fingerprint density at radius 3 is 2.89 bits per heavy atom. The third-order valence-electron chi connectivity index (χ3n) is 2.97. The maximum absolute atomic E-state index is 6.28. The molecule has 92 valence electrons. The van der Waals surface area contributed by atoms with Crippen molar-refractivity contribution in [1.29, 1.82) is 0 Å². The maximum Gasteiger partial charge on any atom is 0.153 e. The van der Waals surface area contributed by atoms with Crippen molar-refractivity contribution < 1.29 is 4.42 Å². The number of aryl methyl sites for hydroxylation is 1. The lowest BCUT2D eigenvalue weighted by atomic mass is 10.0. The fraction of sp³-hybridized carbons (Fsp3) is 0.167. The second kappa shape index (κ2) is 4.22. The molecule has 0 spiro atoms. The molecule has 0 aliphatic heterocycles. The molecule has 6 heteroatoms. The molecular weight excluding hydrogens is 296 g/mol. The van der Waals surface area contributed by atoms with E-state index in [9.17, 15) is 0 Å². The number of para-hydroxylation sites is 1. The summed E-state index contributed by atoms with van der Waals surface area (Å²) in [7, 11) is 1.81. The van der Waals surface area contributed by atoms with E-state index in [4.69, 9.17) is 10.2 Å². The maximum atomic E-state index is 6.28. The largest absolute Gasteiger partial charge is 0.464 e. The van der Waals surface area contributed by atoms with Gasteiger partial charge in [0, 0.05) is 18.0 Å². The van der Waals surface area contributed by atoms with Gasteiger partial charge < -0.3 is 10.2 Å². The Bertz CT molecular complexity index is 683. The highest BCUT2D eigenvalue weighted by atomic mass is 79.9. The summed E-state index contributed by atoms with van der Waals surface area (Å²) in [6, 6.07) is 7.48. The number of aromatic nitrogens is 3. The zero-order valence-electron chi connectivity index (χ0n) is 9.67. The van der Waals surface area contributed by atoms with Gasteiger partial charge in [-0.25, -0.2) is 4.68 Å². The molecular formula is C12H11BrN4O. The highest BCUT2D eigenvalue weighted by Gasteiger charge is 2.21. The normalized spacial score (nSPS) is 13.1. The van der Waals surface area contributed by atoms with Crippen molar-refractivity contribution in [2.24, 2.45) is 12.8 Å². The number of nitrogens with two attached hydrogens (primary N) is 1. The van der Waals surface area contributed by atoms with Gasteiger partial charge in [-0.05, 0) is 22.0 Å². The van der Waals surface area contributed by atoms with Gasteiger partial charge in [-0.3, -0.25) is 0 Å². The van der Waals surface area contributed by atoms with Crippen LogP contribution in [0, 0.1) is 0 Å². The zero-order chi connectivity index (χ0) is 12.7. The van der Waals surface area contributed by atoms with Crippen LogP contribution in [-0.2, 0) is 7.05 Å². The van der Waals surface area contributed by atoms with Gasteiger partial charge in [-0.15, -0.1) is 5.10 Å². The molecule has 1 aromatic carbocycles. The Hall–Kier alpha value is -1.66. The predicted octanol–water partition coefficient (Wildman–Crippen LogP) is 2.37. The van der Waals surface area contributed by atoms with E-state index in [0.717, 1.165) is 22.2 Å². The van der Waals surface area contributed by atoms with Crippen molar-refractivity contribution >= 4 is 26.9 Å². The van der Waals surface area contributed by atoms with Crippen LogP contribution in [0.3, 0.4) is 0 Å². The second-order valence-corrected chi connectivity index (χ2v) is 4.81. The number of rotatable bonds is 2. The van der Waals surface area contributed by atoms with Gasteiger partial charge in [0.15, 0.2) is 4.60 Å². The van der Waals surface area contributed by atoms with Gasteiger partial charge in [0.05, 0.1) is 18.0 Å². The quantitative estimate of drug-likeness (QED) is 0.789. The first-order valence-electron chi connectivity index (χ1n) is 5.45. The lowest BCUT2D eigenvalue weighted by Crippen LogP contribution is -2.16. The summed E-state index contributed by atoms with van der Waals surface area (Å²) in [5, 5.41) is 8.89. The van der Waals surface area contributed by atoms with Crippen molar-refractivity contribution in [3.8, 4) is 0 Å². The Morgan fingerprint density at radius 1 is 1.39 bits per heavy atom. The molecule has 1 atom stereocenters. The van der Waals surface area contributed by atoms with Crippen LogP contribution in [0.15, 0.2) is 39.5 Å². The van der Waals surface area contributed by atoms with Crippen LogP contribution in [0.25, 0.3) is 11.0 Å². The highest BCUT2D eigenvalue weighted by Crippen LogP contribution is 2.31. The highest BCUT2D eigenvalue weighted by molar-refractivity contribution is 9.10. The molecule has 0 saturated carbocycles. The van der Waals surface area contributed by atoms with Crippen LogP contribution < -0.4 is 5.73 Å². The average molecular weight is 307 g/mol. The molecule has 5 nitrogen and oxygen atoms in total. The fourth-order valence-corrected chi connectivity index (χ4v) is 2.63. The molecule has 0 aliphatic carbocycles. The smallest absolute Gasteiger partial charge is 0.153 e. The van der Waals surface area contributed by atoms with Gasteiger partial charge in [0.25, 0.3) is 0 Å². The minimum Gasteiger partial charge on any atom is -0.464 e. The van der Waals surface area contributed by atoms with Gasteiger partial charge in [-0.2, -0.15) is 0 Å². The van der Waals surface area contributed by atoms with E-state index in [2.05, 4.69) is 26.2 Å². The molecule has 0 bridgehead atoms. The number of hydrogen-bond donors (Lipinski definition) is 1. The van der Waals surface area contributed by atoms with E-state index in [-0.39, 0.29) is 6.04 Å². The molecule has 3 rings (SSSR count). The van der Waals surface area contributed by atoms with E-state index in [0.29, 0.717) is 4.60 Å². The number of halogens is 1. The molecule has 0 fully saturated rings. The third-order valence-corrected chi connectivity index (χ3v) is 3.53. The van der Waals surface area contributed by atoms with Crippen LogP contribution in [0.5, 0.6) is 0 Å². The second-order valence-electron chi connectivity index (χ2n) is 4.05. The Kier molecular flexibility index (Phi) is 2.68. The molecule has 0 amide bonds. The summed E-state index contributed by atoms with van der Waals surface area (Å²) in [6.07, 6.45) is 1.69. The van der Waals surface area contributed by atoms with Crippen molar-refractivity contribution in [3.05, 3.63) is 46.4 Å². The molecule has 2 aromatic heterocycles. The summed E-state index contributed by atoms with van der Waals surface area (Å²) < 4.78 is 7.82. The van der Waals surface area contributed by atoms with Crippen LogP contribution in [0.4, 0.5) is 0 Å². The molecule has 3 aromatic rings. The number of hydrogen-bond acceptors (Lipinski definition) is 4. The first-order valence-corrected chi connectivity index (χ1v) is 6.24. The van der Waals surface area contributed by atoms with Gasteiger partial charge in [0.1, 0.15) is 5.58 Å². The van der Waals surface area contributed by atoms with Crippen LogP contribution in [0.2, 0.25) is 0 Å². The molecule has 2 heterocycles. The Morgan fingerprint density at radius 2 is 2.17 bits per heavy atom. The van der Waals surface area contributed by atoms with E-state index < -0.39 is 0 Å². The Labute approximate surface area is 112 Å². The minimum atomic E-state index is -0.331. The lowest BCUT2D eigenvalue weighted by Gasteiger charge is -2.10. The number of fused-ring (bicyclic) bond motifs is 1. The van der Waals surface area contributed by atoms with Crippen LogP contribution in [-0.4, -0.2) is 15.0 Å². The molecule has 1 unspecified atom stereocenters. The fourth-order valence-electron chi connectivity index (χ4n) is 2.06. The third kappa shape index (κ3) is 1.65. The van der Waals surface area contributed by atoms with Gasteiger partial charge >= 0.3 is 0 Å². The van der Waals surface area contributed by atoms with Crippen molar-refractivity contribution in [2.75, 3.05) is 0 Å². The summed E-state index contributed by atoms with van der Waals surface area (Å²) in [6.45, 7) is 0. The number of benzene rings is 1. The average Bonchev–Trinajstić information content (AvgIpc) is 2.93.